The predicted octanol–water partition coefficient (Wildman–Crippen LogP) is 5.43. The molecule has 6 rings (SSSR count). The Hall–Kier alpha value is -3.13. The number of benzene rings is 3. The van der Waals surface area contributed by atoms with Crippen LogP contribution in [0.4, 0.5) is 0 Å². The molecule has 0 N–H and O–H groups in total. The van der Waals surface area contributed by atoms with Crippen molar-refractivity contribution in [2.45, 2.75) is 13.8 Å². The first-order chi connectivity index (χ1) is 12.7. The van der Waals surface area contributed by atoms with E-state index in [0.717, 1.165) is 0 Å². The number of nitrogens with zero attached hydrogens (tertiary/aromatic N) is 2. The minimum Gasteiger partial charge on any atom is -0.307 e. The summed E-state index contributed by atoms with van der Waals surface area (Å²) >= 11 is 0. The molecular formula is C24H19N2+. The summed E-state index contributed by atoms with van der Waals surface area (Å²) in [5, 5.41) is 6.73. The molecular weight excluding hydrogens is 316 g/mol. The van der Waals surface area contributed by atoms with Gasteiger partial charge < -0.3 is 4.40 Å². The van der Waals surface area contributed by atoms with Gasteiger partial charge in [-0.05, 0) is 42.5 Å². The van der Waals surface area contributed by atoms with E-state index in [1.807, 2.05) is 0 Å². The minimum absolute atomic E-state index is 1.29. The summed E-state index contributed by atoms with van der Waals surface area (Å²) in [5.41, 5.74) is 7.93. The van der Waals surface area contributed by atoms with Crippen LogP contribution in [-0.4, -0.2) is 4.40 Å². The molecule has 0 amide bonds. The number of hydrogen-bond acceptors (Lipinski definition) is 0. The Bertz CT molecular complexity index is 1500. The number of aromatic nitrogens is 2. The van der Waals surface area contributed by atoms with Gasteiger partial charge in [0.05, 0.1) is 27.3 Å². The second-order valence-corrected chi connectivity index (χ2v) is 7.47. The molecule has 0 radical (unpaired) electrons. The quantitative estimate of drug-likeness (QED) is 0.199. The van der Waals surface area contributed by atoms with Crippen LogP contribution in [-0.2, 0) is 7.05 Å². The second kappa shape index (κ2) is 4.53. The Morgan fingerprint density at radius 1 is 0.731 bits per heavy atom. The highest BCUT2D eigenvalue weighted by Gasteiger charge is 2.23. The minimum atomic E-state index is 1.29. The number of aryl methyl sites for hydroxylation is 3. The fourth-order valence-corrected chi connectivity index (χ4v) is 4.87. The van der Waals surface area contributed by atoms with Crippen molar-refractivity contribution >= 4 is 49.0 Å². The lowest BCUT2D eigenvalue weighted by Crippen LogP contribution is -2.28. The first kappa shape index (κ1) is 14.1. The van der Waals surface area contributed by atoms with Crippen molar-refractivity contribution in [3.8, 4) is 0 Å². The van der Waals surface area contributed by atoms with Crippen molar-refractivity contribution < 1.29 is 4.57 Å². The SMILES string of the molecule is Cc1cccc2c1c1ccc(C)c3c1n2c1cccc2cc[n+](C)c3c21. The molecule has 3 aromatic heterocycles. The fraction of sp³-hybridized carbons (Fsp3) is 0.125. The molecule has 0 aliphatic heterocycles. The van der Waals surface area contributed by atoms with E-state index in [1.165, 1.54) is 60.1 Å². The van der Waals surface area contributed by atoms with Gasteiger partial charge in [0.2, 0.25) is 5.52 Å². The summed E-state index contributed by atoms with van der Waals surface area (Å²) in [4.78, 5) is 0. The van der Waals surface area contributed by atoms with E-state index in [4.69, 9.17) is 0 Å². The van der Waals surface area contributed by atoms with Crippen molar-refractivity contribution in [3.05, 3.63) is 71.9 Å². The first-order valence-electron chi connectivity index (χ1n) is 9.12. The van der Waals surface area contributed by atoms with Gasteiger partial charge in [-0.3, -0.25) is 0 Å². The number of hydrogen-bond donors (Lipinski definition) is 0. The third-order valence-corrected chi connectivity index (χ3v) is 5.99. The molecule has 6 aromatic rings. The maximum atomic E-state index is 2.48. The van der Waals surface area contributed by atoms with Gasteiger partial charge in [0, 0.05) is 16.8 Å². The molecule has 2 nitrogen and oxygen atoms in total. The molecule has 0 saturated heterocycles. The fourth-order valence-electron chi connectivity index (χ4n) is 4.87. The molecule has 0 saturated carbocycles. The molecule has 2 heteroatoms. The lowest BCUT2D eigenvalue weighted by Gasteiger charge is -2.12. The summed E-state index contributed by atoms with van der Waals surface area (Å²) in [6.45, 7) is 4.45. The van der Waals surface area contributed by atoms with Gasteiger partial charge in [0.15, 0.2) is 6.20 Å². The van der Waals surface area contributed by atoms with E-state index in [-0.39, 0.29) is 0 Å². The van der Waals surface area contributed by atoms with E-state index >= 15 is 0 Å². The van der Waals surface area contributed by atoms with Gasteiger partial charge in [0.1, 0.15) is 7.05 Å². The Balaban J connectivity index is 2.17. The third kappa shape index (κ3) is 1.47. The molecule has 0 spiro atoms. The predicted molar refractivity (Wildman–Crippen MR) is 109 cm³/mol. The smallest absolute Gasteiger partial charge is 0.224 e. The molecule has 0 bridgehead atoms. The monoisotopic (exact) mass is 335 g/mol. The Morgan fingerprint density at radius 3 is 2.31 bits per heavy atom. The van der Waals surface area contributed by atoms with E-state index in [0.29, 0.717) is 0 Å². The largest absolute Gasteiger partial charge is 0.307 e. The maximum Gasteiger partial charge on any atom is 0.224 e. The van der Waals surface area contributed by atoms with Gasteiger partial charge >= 0.3 is 0 Å². The molecule has 124 valence electrons. The lowest BCUT2D eigenvalue weighted by atomic mass is 9.99. The molecule has 3 heterocycles. The van der Waals surface area contributed by atoms with Crippen LogP contribution in [0.25, 0.3) is 49.0 Å². The topological polar surface area (TPSA) is 8.29 Å². The van der Waals surface area contributed by atoms with Crippen LogP contribution in [0.3, 0.4) is 0 Å². The highest BCUT2D eigenvalue weighted by Crippen LogP contribution is 2.41. The van der Waals surface area contributed by atoms with Gasteiger partial charge in [-0.25, -0.2) is 4.57 Å². The van der Waals surface area contributed by atoms with Gasteiger partial charge in [-0.1, -0.05) is 36.4 Å². The summed E-state index contributed by atoms with van der Waals surface area (Å²) in [7, 11) is 2.16. The van der Waals surface area contributed by atoms with Crippen LogP contribution in [0.2, 0.25) is 0 Å². The third-order valence-electron chi connectivity index (χ3n) is 5.99. The second-order valence-electron chi connectivity index (χ2n) is 7.47. The first-order valence-corrected chi connectivity index (χ1v) is 9.12. The highest BCUT2D eigenvalue weighted by atomic mass is 14.9. The van der Waals surface area contributed by atoms with E-state index in [1.54, 1.807) is 0 Å². The zero-order chi connectivity index (χ0) is 17.6. The summed E-state index contributed by atoms with van der Waals surface area (Å²) in [6.07, 6.45) is 2.18. The van der Waals surface area contributed by atoms with Crippen molar-refractivity contribution in [3.63, 3.8) is 0 Å². The molecule has 0 atom stereocenters. The summed E-state index contributed by atoms with van der Waals surface area (Å²) in [5.74, 6) is 0. The molecule has 0 aliphatic rings. The van der Waals surface area contributed by atoms with E-state index in [9.17, 15) is 0 Å². The van der Waals surface area contributed by atoms with E-state index < -0.39 is 0 Å². The van der Waals surface area contributed by atoms with Crippen LogP contribution >= 0.6 is 0 Å². The van der Waals surface area contributed by atoms with Crippen molar-refractivity contribution in [2.75, 3.05) is 0 Å². The summed E-state index contributed by atoms with van der Waals surface area (Å²) < 4.78 is 4.76. The van der Waals surface area contributed by atoms with Crippen LogP contribution in [0.15, 0.2) is 60.8 Å². The average molecular weight is 335 g/mol. The van der Waals surface area contributed by atoms with Crippen LogP contribution < -0.4 is 4.57 Å². The van der Waals surface area contributed by atoms with Gasteiger partial charge in [-0.2, -0.15) is 0 Å². The molecule has 3 aromatic carbocycles. The Morgan fingerprint density at radius 2 is 1.46 bits per heavy atom. The number of rotatable bonds is 0. The van der Waals surface area contributed by atoms with Crippen molar-refractivity contribution in [1.29, 1.82) is 0 Å². The molecule has 0 aliphatic carbocycles. The van der Waals surface area contributed by atoms with Crippen molar-refractivity contribution in [2.24, 2.45) is 7.05 Å². The molecule has 26 heavy (non-hydrogen) atoms. The van der Waals surface area contributed by atoms with Crippen LogP contribution in [0, 0.1) is 13.8 Å². The Labute approximate surface area is 151 Å². The number of fused-ring (bicyclic) bond motifs is 5. The molecule has 0 fully saturated rings. The standard InChI is InChI=1S/C24H19N2/c1-14-6-4-8-18-20(14)17-11-10-15(2)21-23(17)26(18)19-9-5-7-16-12-13-25(3)24(21)22(16)19/h4-13H,1-3H3/q+1. The zero-order valence-electron chi connectivity index (χ0n) is 15.2. The lowest BCUT2D eigenvalue weighted by molar-refractivity contribution is -0.643. The molecule has 0 unspecified atom stereocenters. The normalized spacial score (nSPS) is 12.4. The maximum absolute atomic E-state index is 2.48. The number of pyridine rings is 2. The van der Waals surface area contributed by atoms with Crippen LogP contribution in [0.1, 0.15) is 11.1 Å². The highest BCUT2D eigenvalue weighted by molar-refractivity contribution is 6.26. The van der Waals surface area contributed by atoms with Gasteiger partial charge in [0.25, 0.3) is 0 Å². The Kier molecular flexibility index (Phi) is 2.45. The average Bonchev–Trinajstić information content (AvgIpc) is 2.98. The zero-order valence-corrected chi connectivity index (χ0v) is 15.2. The van der Waals surface area contributed by atoms with E-state index in [2.05, 4.69) is 90.7 Å². The van der Waals surface area contributed by atoms with Crippen molar-refractivity contribution in [1.82, 2.24) is 4.40 Å². The summed E-state index contributed by atoms with van der Waals surface area (Å²) in [6, 6.07) is 20.1. The van der Waals surface area contributed by atoms with Gasteiger partial charge in [-0.15, -0.1) is 0 Å². The van der Waals surface area contributed by atoms with Crippen LogP contribution in [0.5, 0.6) is 0 Å².